The molecule has 0 radical (unpaired) electrons. The number of piperazine rings is 1. The van der Waals surface area contributed by atoms with Gasteiger partial charge in [0.05, 0.1) is 24.4 Å². The van der Waals surface area contributed by atoms with Gasteiger partial charge in [0.1, 0.15) is 5.69 Å². The highest BCUT2D eigenvalue weighted by Crippen LogP contribution is 2.29. The van der Waals surface area contributed by atoms with Gasteiger partial charge in [-0.15, -0.1) is 10.2 Å². The summed E-state index contributed by atoms with van der Waals surface area (Å²) in [5.41, 5.74) is 2.02. The highest BCUT2D eigenvalue weighted by atomic mass is 79.9. The van der Waals surface area contributed by atoms with Crippen LogP contribution in [-0.2, 0) is 6.54 Å². The van der Waals surface area contributed by atoms with E-state index in [1.165, 1.54) is 4.80 Å². The molecule has 10 nitrogen and oxygen atoms in total. The molecule has 1 saturated heterocycles. The predicted molar refractivity (Wildman–Crippen MR) is 116 cm³/mol. The zero-order valence-electron chi connectivity index (χ0n) is 16.9. The molecule has 1 fully saturated rings. The topological polar surface area (TPSA) is 129 Å². The van der Waals surface area contributed by atoms with E-state index in [-0.39, 0.29) is 36.4 Å². The van der Waals surface area contributed by atoms with Gasteiger partial charge in [-0.2, -0.15) is 4.80 Å². The maximum atomic E-state index is 13.5. The molecule has 1 amide bonds. The lowest BCUT2D eigenvalue weighted by atomic mass is 9.98. The molecule has 2 aromatic heterocycles. The van der Waals surface area contributed by atoms with Crippen molar-refractivity contribution >= 4 is 27.6 Å². The summed E-state index contributed by atoms with van der Waals surface area (Å²) in [5.74, 6) is -0.243. The van der Waals surface area contributed by atoms with Gasteiger partial charge in [0.2, 0.25) is 5.82 Å². The molecule has 0 saturated carbocycles. The summed E-state index contributed by atoms with van der Waals surface area (Å²) < 4.78 is 0.773. The zero-order chi connectivity index (χ0) is 22.0. The first-order valence-electron chi connectivity index (χ1n) is 9.91. The van der Waals surface area contributed by atoms with Gasteiger partial charge in [0.25, 0.3) is 5.91 Å². The van der Waals surface area contributed by atoms with Crippen molar-refractivity contribution in [3.8, 4) is 11.5 Å². The van der Waals surface area contributed by atoms with E-state index < -0.39 is 0 Å². The van der Waals surface area contributed by atoms with Crippen molar-refractivity contribution in [3.05, 3.63) is 51.1 Å². The quantitative estimate of drug-likeness (QED) is 0.442. The smallest absolute Gasteiger partial charge is 0.271 e. The summed E-state index contributed by atoms with van der Waals surface area (Å²) in [5, 5.41) is 24.5. The van der Waals surface area contributed by atoms with Crippen LogP contribution >= 0.6 is 15.9 Å². The average molecular weight is 488 g/mol. The number of rotatable bonds is 6. The molecule has 1 aliphatic rings. The Balaban J connectivity index is 1.81. The van der Waals surface area contributed by atoms with Crippen LogP contribution in [-0.4, -0.2) is 79.7 Å². The first-order chi connectivity index (χ1) is 15.0. The second-order valence-electron chi connectivity index (χ2n) is 7.19. The Hall–Kier alpha value is -2.89. The van der Waals surface area contributed by atoms with Crippen LogP contribution in [0.3, 0.4) is 0 Å². The number of H-pyrrole nitrogens is 1. The number of tetrazole rings is 1. The van der Waals surface area contributed by atoms with E-state index in [1.54, 1.807) is 30.0 Å². The summed E-state index contributed by atoms with van der Waals surface area (Å²) in [6.07, 6.45) is 0. The van der Waals surface area contributed by atoms with Gasteiger partial charge in [0.15, 0.2) is 5.78 Å². The predicted octanol–water partition coefficient (Wildman–Crippen LogP) is 1.01. The molecule has 1 aromatic carbocycles. The maximum absolute atomic E-state index is 13.5. The molecule has 1 aliphatic heterocycles. The fourth-order valence-corrected chi connectivity index (χ4v) is 3.99. The van der Waals surface area contributed by atoms with E-state index in [4.69, 9.17) is 5.11 Å². The highest BCUT2D eigenvalue weighted by molar-refractivity contribution is 9.10. The van der Waals surface area contributed by atoms with E-state index in [0.717, 1.165) is 4.47 Å². The third kappa shape index (κ3) is 4.29. The second kappa shape index (κ2) is 9.08. The minimum Gasteiger partial charge on any atom is -0.394 e. The van der Waals surface area contributed by atoms with Crippen molar-refractivity contribution in [2.45, 2.75) is 13.5 Å². The van der Waals surface area contributed by atoms with E-state index in [9.17, 15) is 9.59 Å². The lowest BCUT2D eigenvalue weighted by molar-refractivity contribution is 0.0726. The monoisotopic (exact) mass is 487 g/mol. The number of aromatic nitrogens is 5. The lowest BCUT2D eigenvalue weighted by Crippen LogP contribution is -2.46. The Morgan fingerprint density at radius 3 is 2.74 bits per heavy atom. The Bertz CT molecular complexity index is 1120. The van der Waals surface area contributed by atoms with Gasteiger partial charge < -0.3 is 20.3 Å². The van der Waals surface area contributed by atoms with Gasteiger partial charge in [-0.3, -0.25) is 9.59 Å². The molecule has 3 N–H and O–H groups in total. The Labute approximate surface area is 186 Å². The van der Waals surface area contributed by atoms with E-state index in [1.807, 2.05) is 6.07 Å². The van der Waals surface area contributed by atoms with E-state index >= 15 is 0 Å². The first-order valence-corrected chi connectivity index (χ1v) is 10.7. The molecular weight excluding hydrogens is 466 g/mol. The van der Waals surface area contributed by atoms with Crippen molar-refractivity contribution in [2.24, 2.45) is 0 Å². The number of aromatic amines is 1. The third-order valence-electron chi connectivity index (χ3n) is 5.16. The number of halogens is 1. The molecule has 3 heterocycles. The van der Waals surface area contributed by atoms with Crippen molar-refractivity contribution in [1.29, 1.82) is 0 Å². The van der Waals surface area contributed by atoms with Gasteiger partial charge in [0, 0.05) is 36.2 Å². The maximum Gasteiger partial charge on any atom is 0.271 e. The van der Waals surface area contributed by atoms with Crippen molar-refractivity contribution < 1.29 is 14.7 Å². The molecule has 31 heavy (non-hydrogen) atoms. The number of carbonyl (C=O) groups is 2. The van der Waals surface area contributed by atoms with Crippen LogP contribution in [0.4, 0.5) is 0 Å². The first kappa shape index (κ1) is 21.3. The number of hydrogen-bond donors (Lipinski definition) is 3. The van der Waals surface area contributed by atoms with Crippen LogP contribution in [0, 0.1) is 6.92 Å². The molecule has 0 spiro atoms. The van der Waals surface area contributed by atoms with Gasteiger partial charge >= 0.3 is 0 Å². The summed E-state index contributed by atoms with van der Waals surface area (Å²) in [6.45, 7) is 4.35. The molecule has 0 unspecified atom stereocenters. The number of nitrogens with zero attached hydrogens (tertiary/aromatic N) is 5. The van der Waals surface area contributed by atoms with Crippen molar-refractivity contribution in [3.63, 3.8) is 0 Å². The SMILES string of the molecule is Cc1c(-c2nnn(CCO)n2)[nH]c(C(=O)N2CCNCC2)c1C(=O)c1cccc(Br)c1. The molecule has 11 heteroatoms. The van der Waals surface area contributed by atoms with Crippen molar-refractivity contribution in [2.75, 3.05) is 32.8 Å². The molecular formula is C20H22BrN7O3. The van der Waals surface area contributed by atoms with Crippen LogP contribution in [0.25, 0.3) is 11.5 Å². The highest BCUT2D eigenvalue weighted by Gasteiger charge is 2.30. The fraction of sp³-hybridized carbons (Fsp3) is 0.350. The van der Waals surface area contributed by atoms with Gasteiger partial charge in [-0.1, -0.05) is 28.1 Å². The van der Waals surface area contributed by atoms with E-state index in [2.05, 4.69) is 41.6 Å². The fourth-order valence-electron chi connectivity index (χ4n) is 3.59. The molecule has 4 rings (SSSR count). The Morgan fingerprint density at radius 1 is 1.26 bits per heavy atom. The minimum absolute atomic E-state index is 0.126. The molecule has 0 atom stereocenters. The minimum atomic E-state index is -0.262. The average Bonchev–Trinajstić information content (AvgIpc) is 3.38. The largest absolute Gasteiger partial charge is 0.394 e. The Morgan fingerprint density at radius 2 is 2.03 bits per heavy atom. The zero-order valence-corrected chi connectivity index (χ0v) is 18.5. The third-order valence-corrected chi connectivity index (χ3v) is 5.65. The number of ketones is 1. The molecule has 0 bridgehead atoms. The lowest BCUT2D eigenvalue weighted by Gasteiger charge is -2.27. The summed E-state index contributed by atoms with van der Waals surface area (Å²) in [6, 6.07) is 7.06. The number of benzene rings is 1. The number of aliphatic hydroxyl groups excluding tert-OH is 1. The van der Waals surface area contributed by atoms with Crippen LogP contribution in [0.5, 0.6) is 0 Å². The normalized spacial score (nSPS) is 14.1. The summed E-state index contributed by atoms with van der Waals surface area (Å²) >= 11 is 3.40. The number of hydrogen-bond acceptors (Lipinski definition) is 7. The number of aliphatic hydroxyl groups is 1. The van der Waals surface area contributed by atoms with Crippen LogP contribution in [0.15, 0.2) is 28.7 Å². The van der Waals surface area contributed by atoms with Gasteiger partial charge in [-0.25, -0.2) is 0 Å². The van der Waals surface area contributed by atoms with Crippen LogP contribution in [0.2, 0.25) is 0 Å². The van der Waals surface area contributed by atoms with Gasteiger partial charge in [-0.05, 0) is 29.8 Å². The summed E-state index contributed by atoms with van der Waals surface area (Å²) in [4.78, 5) is 32.9. The second-order valence-corrected chi connectivity index (χ2v) is 8.10. The van der Waals surface area contributed by atoms with Crippen LogP contribution < -0.4 is 5.32 Å². The molecule has 162 valence electrons. The number of carbonyl (C=O) groups excluding carboxylic acids is 2. The molecule has 0 aliphatic carbocycles. The Kier molecular flexibility index (Phi) is 6.25. The number of amides is 1. The standard InChI is InChI=1S/C20H22BrN7O3/c1-12-15(18(30)13-3-2-4-14(21)11-13)17(20(31)27-7-5-22-6-8-27)23-16(12)19-24-26-28(25-19)9-10-29/h2-4,11,22-23,29H,5-10H2,1H3. The van der Waals surface area contributed by atoms with Crippen molar-refractivity contribution in [1.82, 2.24) is 35.4 Å². The molecule has 3 aromatic rings. The number of nitrogens with one attached hydrogen (secondary N) is 2. The van der Waals surface area contributed by atoms with E-state index in [0.29, 0.717) is 48.6 Å². The summed E-state index contributed by atoms with van der Waals surface area (Å²) in [7, 11) is 0. The van der Waals surface area contributed by atoms with Crippen LogP contribution in [0.1, 0.15) is 32.0 Å².